The number of nitrogens with zero attached hydrogens (tertiary/aromatic N) is 4. The second kappa shape index (κ2) is 13.4. The van der Waals surface area contributed by atoms with Gasteiger partial charge in [-0.2, -0.15) is 0 Å². The maximum atomic E-state index is 5.55. The molecule has 0 saturated carbocycles. The molecule has 296 valence electrons. The largest absolute Gasteiger partial charge is 0.309 e. The quantitative estimate of drug-likeness (QED) is 0.166. The van der Waals surface area contributed by atoms with Crippen LogP contribution in [-0.2, 0) is 0 Å². The first-order valence-corrected chi connectivity index (χ1v) is 21.9. The van der Waals surface area contributed by atoms with Crippen LogP contribution in [0.3, 0.4) is 0 Å². The minimum Gasteiger partial charge on any atom is -0.309 e. The molecule has 0 amide bonds. The Morgan fingerprint density at radius 3 is 1.52 bits per heavy atom. The molecular weight excluding hydrogens is 777 g/mol. The molecule has 0 saturated heterocycles. The minimum atomic E-state index is 0.694. The molecule has 3 heterocycles. The molecular formula is C60H36N4. The molecule has 0 bridgehead atoms. The second-order valence-corrected chi connectivity index (χ2v) is 16.9. The van der Waals surface area contributed by atoms with Gasteiger partial charge in [-0.1, -0.05) is 158 Å². The van der Waals surface area contributed by atoms with Crippen LogP contribution in [0.25, 0.3) is 132 Å². The van der Waals surface area contributed by atoms with Crippen LogP contribution in [0.1, 0.15) is 0 Å². The second-order valence-electron chi connectivity index (χ2n) is 16.9. The number of hydrogen-bond donors (Lipinski definition) is 0. The van der Waals surface area contributed by atoms with E-state index >= 15 is 0 Å². The highest BCUT2D eigenvalue weighted by Gasteiger charge is 2.21. The zero-order chi connectivity index (χ0) is 41.9. The summed E-state index contributed by atoms with van der Waals surface area (Å²) in [5, 5.41) is 15.5. The lowest BCUT2D eigenvalue weighted by Gasteiger charge is -2.16. The summed E-state index contributed by atoms with van der Waals surface area (Å²) in [5.41, 5.74) is 10.9. The van der Waals surface area contributed by atoms with Gasteiger partial charge in [-0.15, -0.1) is 0 Å². The molecule has 0 spiro atoms. The molecule has 0 aliphatic rings. The Balaban J connectivity index is 1.03. The Hall–Kier alpha value is -8.60. The maximum absolute atomic E-state index is 5.55. The fourth-order valence-electron chi connectivity index (χ4n) is 10.6. The predicted octanol–water partition coefficient (Wildman–Crippen LogP) is 15.8. The van der Waals surface area contributed by atoms with E-state index in [-0.39, 0.29) is 0 Å². The van der Waals surface area contributed by atoms with E-state index in [1.165, 1.54) is 70.6 Å². The molecule has 0 N–H and O–H groups in total. The van der Waals surface area contributed by atoms with Crippen LogP contribution in [0.5, 0.6) is 0 Å². The van der Waals surface area contributed by atoms with Gasteiger partial charge in [0.15, 0.2) is 5.82 Å². The summed E-state index contributed by atoms with van der Waals surface area (Å²) in [6.07, 6.45) is 0. The highest BCUT2D eigenvalue weighted by atomic mass is 15.0. The molecule has 3 aromatic heterocycles. The van der Waals surface area contributed by atoms with Crippen molar-refractivity contribution in [3.8, 4) is 34.0 Å². The van der Waals surface area contributed by atoms with Gasteiger partial charge in [-0.25, -0.2) is 9.97 Å². The van der Waals surface area contributed by atoms with Gasteiger partial charge in [0.1, 0.15) is 0 Å². The smallest absolute Gasteiger partial charge is 0.160 e. The van der Waals surface area contributed by atoms with Gasteiger partial charge >= 0.3 is 0 Å². The van der Waals surface area contributed by atoms with Crippen LogP contribution in [0, 0.1) is 0 Å². The Kier molecular flexibility index (Phi) is 7.36. The van der Waals surface area contributed by atoms with E-state index in [1.807, 2.05) is 0 Å². The third-order valence-corrected chi connectivity index (χ3v) is 13.4. The molecule has 4 nitrogen and oxygen atoms in total. The van der Waals surface area contributed by atoms with Crippen LogP contribution >= 0.6 is 0 Å². The summed E-state index contributed by atoms with van der Waals surface area (Å²) in [5.74, 6) is 0.694. The first-order chi connectivity index (χ1) is 31.7. The van der Waals surface area contributed by atoms with Crippen molar-refractivity contribution >= 4 is 97.6 Å². The Morgan fingerprint density at radius 1 is 0.281 bits per heavy atom. The van der Waals surface area contributed by atoms with Crippen molar-refractivity contribution in [3.05, 3.63) is 218 Å². The fourth-order valence-corrected chi connectivity index (χ4v) is 10.6. The third kappa shape index (κ3) is 5.05. The molecule has 14 aromatic rings. The van der Waals surface area contributed by atoms with E-state index in [2.05, 4.69) is 228 Å². The standard InChI is InChI=1S/C60H36N4/c1-3-19-41-38(17-1)33-51(44-22-6-5-21-43(41)44)59-48-26-7-11-27-52(48)61-60(62-59)40-32-37-16-2-4-20-42(37)57(35-40)64-55-30-14-10-25-47(55)50-36-49-39(34-58(50)64)18-15-31-56(49)63-53-28-12-8-23-45(53)46-24-9-13-29-54(46)63/h1-36H. The number of aromatic nitrogens is 4. The zero-order valence-corrected chi connectivity index (χ0v) is 34.6. The van der Waals surface area contributed by atoms with Crippen LogP contribution in [-0.4, -0.2) is 19.1 Å². The average Bonchev–Trinajstić information content (AvgIpc) is 3.87. The Labute approximate surface area is 367 Å². The average molecular weight is 813 g/mol. The number of fused-ring (bicyclic) bond motifs is 12. The van der Waals surface area contributed by atoms with Gasteiger partial charge < -0.3 is 9.13 Å². The lowest BCUT2D eigenvalue weighted by atomic mass is 9.94. The van der Waals surface area contributed by atoms with Crippen molar-refractivity contribution in [1.82, 2.24) is 19.1 Å². The lowest BCUT2D eigenvalue weighted by Crippen LogP contribution is -2.00. The number of benzene rings is 11. The number of hydrogen-bond acceptors (Lipinski definition) is 2. The van der Waals surface area contributed by atoms with Crippen LogP contribution in [0.15, 0.2) is 218 Å². The summed E-state index contributed by atoms with van der Waals surface area (Å²) >= 11 is 0. The van der Waals surface area contributed by atoms with Gasteiger partial charge in [-0.05, 0) is 93.0 Å². The Bertz CT molecular complexity index is 4210. The molecule has 0 radical (unpaired) electrons. The zero-order valence-electron chi connectivity index (χ0n) is 34.6. The summed E-state index contributed by atoms with van der Waals surface area (Å²) in [6.45, 7) is 0. The first kappa shape index (κ1) is 35.0. The van der Waals surface area contributed by atoms with E-state index in [4.69, 9.17) is 9.97 Å². The summed E-state index contributed by atoms with van der Waals surface area (Å²) in [6, 6.07) is 79.2. The predicted molar refractivity (Wildman–Crippen MR) is 269 cm³/mol. The van der Waals surface area contributed by atoms with Crippen molar-refractivity contribution in [2.24, 2.45) is 0 Å². The van der Waals surface area contributed by atoms with Gasteiger partial charge in [0.2, 0.25) is 0 Å². The molecule has 14 rings (SSSR count). The molecule has 0 aliphatic carbocycles. The number of para-hydroxylation sites is 4. The summed E-state index contributed by atoms with van der Waals surface area (Å²) < 4.78 is 4.90. The van der Waals surface area contributed by atoms with Gasteiger partial charge in [0.25, 0.3) is 0 Å². The number of rotatable bonds is 4. The molecule has 0 fully saturated rings. The van der Waals surface area contributed by atoms with Crippen LogP contribution in [0.4, 0.5) is 0 Å². The molecule has 64 heavy (non-hydrogen) atoms. The lowest BCUT2D eigenvalue weighted by molar-refractivity contribution is 1.19. The first-order valence-electron chi connectivity index (χ1n) is 21.9. The van der Waals surface area contributed by atoms with Crippen LogP contribution in [0.2, 0.25) is 0 Å². The van der Waals surface area contributed by atoms with E-state index in [0.29, 0.717) is 5.82 Å². The highest BCUT2D eigenvalue weighted by molar-refractivity contribution is 6.18. The topological polar surface area (TPSA) is 35.6 Å². The van der Waals surface area contributed by atoms with Crippen molar-refractivity contribution in [2.75, 3.05) is 0 Å². The fraction of sp³-hybridized carbons (Fsp3) is 0. The molecule has 0 unspecified atom stereocenters. The normalized spacial score (nSPS) is 12.1. The molecule has 0 atom stereocenters. The summed E-state index contributed by atoms with van der Waals surface area (Å²) in [4.78, 5) is 10.9. The van der Waals surface area contributed by atoms with Crippen molar-refractivity contribution < 1.29 is 0 Å². The van der Waals surface area contributed by atoms with Crippen molar-refractivity contribution in [2.45, 2.75) is 0 Å². The highest BCUT2D eigenvalue weighted by Crippen LogP contribution is 2.43. The third-order valence-electron chi connectivity index (χ3n) is 13.4. The van der Waals surface area contributed by atoms with Gasteiger partial charge in [-0.3, -0.25) is 0 Å². The minimum absolute atomic E-state index is 0.694. The molecule has 4 heteroatoms. The van der Waals surface area contributed by atoms with E-state index in [0.717, 1.165) is 55.2 Å². The van der Waals surface area contributed by atoms with E-state index < -0.39 is 0 Å². The van der Waals surface area contributed by atoms with Crippen molar-refractivity contribution in [3.63, 3.8) is 0 Å². The van der Waals surface area contributed by atoms with Crippen molar-refractivity contribution in [1.29, 1.82) is 0 Å². The van der Waals surface area contributed by atoms with Crippen LogP contribution < -0.4 is 0 Å². The molecule has 0 aliphatic heterocycles. The maximum Gasteiger partial charge on any atom is 0.160 e. The Morgan fingerprint density at radius 2 is 0.797 bits per heavy atom. The van der Waals surface area contributed by atoms with E-state index in [1.54, 1.807) is 0 Å². The SMILES string of the molecule is c1ccc2c(-n3c4ccccc4c4cc5c(-n6c7ccccc7c7ccccc76)cccc5cc43)cc(-c3nc(-c4cc5ccccc5c5ccccc45)c4ccccc4n3)cc2c1. The summed E-state index contributed by atoms with van der Waals surface area (Å²) in [7, 11) is 0. The van der Waals surface area contributed by atoms with Gasteiger partial charge in [0.05, 0.1) is 44.7 Å². The van der Waals surface area contributed by atoms with E-state index in [9.17, 15) is 0 Å². The van der Waals surface area contributed by atoms with Gasteiger partial charge in [0, 0.05) is 48.8 Å². The monoisotopic (exact) mass is 812 g/mol. The molecule has 11 aromatic carbocycles.